The van der Waals surface area contributed by atoms with E-state index in [9.17, 15) is 9.59 Å². The number of hydrogen-bond acceptors (Lipinski definition) is 6. The Morgan fingerprint density at radius 2 is 1.78 bits per heavy atom. The van der Waals surface area contributed by atoms with Crippen LogP contribution in [-0.4, -0.2) is 29.2 Å². The molecular formula is C20H18N4O3. The lowest BCUT2D eigenvalue weighted by atomic mass is 10.2. The molecule has 7 heteroatoms. The highest BCUT2D eigenvalue weighted by Gasteiger charge is 2.11. The highest BCUT2D eigenvalue weighted by Crippen LogP contribution is 2.18. The molecule has 0 saturated heterocycles. The van der Waals surface area contributed by atoms with Crippen LogP contribution in [0, 0.1) is 6.92 Å². The van der Waals surface area contributed by atoms with Crippen molar-refractivity contribution in [3.63, 3.8) is 0 Å². The van der Waals surface area contributed by atoms with Gasteiger partial charge < -0.3 is 15.4 Å². The zero-order valence-corrected chi connectivity index (χ0v) is 14.9. The number of rotatable bonds is 5. The van der Waals surface area contributed by atoms with E-state index in [1.807, 2.05) is 31.2 Å². The van der Waals surface area contributed by atoms with Crippen molar-refractivity contribution < 1.29 is 14.3 Å². The molecule has 1 aromatic heterocycles. The summed E-state index contributed by atoms with van der Waals surface area (Å²) in [5, 5.41) is 13.8. The van der Waals surface area contributed by atoms with Crippen LogP contribution in [0.4, 0.5) is 17.2 Å². The number of ether oxygens (including phenoxy) is 1. The van der Waals surface area contributed by atoms with Crippen molar-refractivity contribution in [3.05, 3.63) is 77.5 Å². The van der Waals surface area contributed by atoms with Crippen molar-refractivity contribution in [2.45, 2.75) is 6.92 Å². The number of hydrogen-bond donors (Lipinski definition) is 2. The van der Waals surface area contributed by atoms with E-state index in [-0.39, 0.29) is 5.69 Å². The van der Waals surface area contributed by atoms with Crippen LogP contribution in [0.2, 0.25) is 0 Å². The first-order valence-electron chi connectivity index (χ1n) is 8.23. The summed E-state index contributed by atoms with van der Waals surface area (Å²) in [5.74, 6) is -0.363. The minimum absolute atomic E-state index is 0.161. The number of anilines is 3. The number of benzene rings is 2. The number of esters is 1. The first kappa shape index (κ1) is 18.1. The zero-order chi connectivity index (χ0) is 19.2. The first-order valence-corrected chi connectivity index (χ1v) is 8.23. The van der Waals surface area contributed by atoms with Crippen LogP contribution in [0.1, 0.15) is 26.4 Å². The highest BCUT2D eigenvalue weighted by molar-refractivity contribution is 6.03. The van der Waals surface area contributed by atoms with Crippen molar-refractivity contribution in [1.29, 1.82) is 0 Å². The van der Waals surface area contributed by atoms with Gasteiger partial charge in [0.15, 0.2) is 11.5 Å². The molecule has 0 spiro atoms. The van der Waals surface area contributed by atoms with E-state index >= 15 is 0 Å². The number of nitrogens with zero attached hydrogens (tertiary/aromatic N) is 2. The van der Waals surface area contributed by atoms with Gasteiger partial charge in [-0.1, -0.05) is 24.3 Å². The molecule has 3 rings (SSSR count). The molecule has 0 bridgehead atoms. The fraction of sp³-hybridized carbons (Fsp3) is 0.100. The van der Waals surface area contributed by atoms with E-state index in [4.69, 9.17) is 0 Å². The Morgan fingerprint density at radius 1 is 0.963 bits per heavy atom. The number of aryl methyl sites for hydroxylation is 1. The molecule has 2 N–H and O–H groups in total. The van der Waals surface area contributed by atoms with Crippen molar-refractivity contribution in [1.82, 2.24) is 10.2 Å². The Labute approximate surface area is 156 Å². The third-order valence-electron chi connectivity index (χ3n) is 3.85. The topological polar surface area (TPSA) is 93.2 Å². The molecule has 136 valence electrons. The molecule has 0 aliphatic rings. The predicted octanol–water partition coefficient (Wildman–Crippen LogP) is 3.57. The number of para-hydroxylation sites is 1. The molecule has 0 atom stereocenters. The van der Waals surface area contributed by atoms with Gasteiger partial charge in [-0.2, -0.15) is 0 Å². The van der Waals surface area contributed by atoms with Crippen molar-refractivity contribution >= 4 is 29.1 Å². The van der Waals surface area contributed by atoms with Gasteiger partial charge in [-0.15, -0.1) is 10.2 Å². The maximum absolute atomic E-state index is 12.3. The number of carbonyl (C=O) groups is 2. The lowest BCUT2D eigenvalue weighted by Gasteiger charge is -2.09. The van der Waals surface area contributed by atoms with Crippen LogP contribution >= 0.6 is 0 Å². The third-order valence-corrected chi connectivity index (χ3v) is 3.85. The van der Waals surface area contributed by atoms with Crippen molar-refractivity contribution in [2.75, 3.05) is 17.7 Å². The second-order valence-electron chi connectivity index (χ2n) is 5.77. The van der Waals surface area contributed by atoms with Crippen LogP contribution < -0.4 is 10.6 Å². The van der Waals surface area contributed by atoms with E-state index in [1.165, 1.54) is 13.2 Å². The summed E-state index contributed by atoms with van der Waals surface area (Å²) >= 11 is 0. The highest BCUT2D eigenvalue weighted by atomic mass is 16.5. The minimum Gasteiger partial charge on any atom is -0.465 e. The fourth-order valence-corrected chi connectivity index (χ4v) is 2.41. The molecule has 0 aliphatic heterocycles. The monoisotopic (exact) mass is 362 g/mol. The first-order chi connectivity index (χ1) is 13.1. The Balaban J connectivity index is 1.69. The van der Waals surface area contributed by atoms with E-state index in [0.717, 1.165) is 11.3 Å². The van der Waals surface area contributed by atoms with E-state index in [1.54, 1.807) is 30.3 Å². The SMILES string of the molecule is COC(=O)c1cccc(NC(=O)c2ccc(Nc3ccccc3C)nn2)c1. The molecule has 7 nitrogen and oxygen atoms in total. The molecule has 1 amide bonds. The molecule has 0 radical (unpaired) electrons. The number of amides is 1. The maximum atomic E-state index is 12.3. The number of methoxy groups -OCH3 is 1. The lowest BCUT2D eigenvalue weighted by molar-refractivity contribution is 0.0600. The van der Waals surface area contributed by atoms with Gasteiger partial charge in [0.2, 0.25) is 0 Å². The summed E-state index contributed by atoms with van der Waals surface area (Å²) in [7, 11) is 1.30. The van der Waals surface area contributed by atoms with Gasteiger partial charge in [-0.25, -0.2) is 4.79 Å². The van der Waals surface area contributed by atoms with Crippen LogP contribution in [0.3, 0.4) is 0 Å². The Bertz CT molecular complexity index is 971. The predicted molar refractivity (Wildman–Crippen MR) is 102 cm³/mol. The number of aromatic nitrogens is 2. The number of carbonyl (C=O) groups excluding carboxylic acids is 2. The minimum atomic E-state index is -0.475. The van der Waals surface area contributed by atoms with Gasteiger partial charge in [-0.05, 0) is 48.9 Å². The third kappa shape index (κ3) is 4.46. The smallest absolute Gasteiger partial charge is 0.337 e. The summed E-state index contributed by atoms with van der Waals surface area (Å²) in [6.45, 7) is 1.99. The summed E-state index contributed by atoms with van der Waals surface area (Å²) < 4.78 is 4.67. The van der Waals surface area contributed by atoms with E-state index in [2.05, 4.69) is 25.6 Å². The van der Waals surface area contributed by atoms with Gasteiger partial charge in [0.25, 0.3) is 5.91 Å². The molecule has 0 aliphatic carbocycles. The van der Waals surface area contributed by atoms with Crippen molar-refractivity contribution in [2.24, 2.45) is 0 Å². The molecule has 0 unspecified atom stereocenters. The average Bonchev–Trinajstić information content (AvgIpc) is 2.70. The summed E-state index contributed by atoms with van der Waals surface area (Å²) in [4.78, 5) is 23.9. The molecule has 0 saturated carbocycles. The number of nitrogens with one attached hydrogen (secondary N) is 2. The average molecular weight is 362 g/mol. The Morgan fingerprint density at radius 3 is 2.48 bits per heavy atom. The van der Waals surface area contributed by atoms with Gasteiger partial charge in [0.05, 0.1) is 12.7 Å². The van der Waals surface area contributed by atoms with Crippen LogP contribution in [0.5, 0.6) is 0 Å². The van der Waals surface area contributed by atoms with Crippen LogP contribution in [0.15, 0.2) is 60.7 Å². The second kappa shape index (κ2) is 8.09. The molecular weight excluding hydrogens is 344 g/mol. The fourth-order valence-electron chi connectivity index (χ4n) is 2.41. The normalized spacial score (nSPS) is 10.1. The standard InChI is InChI=1S/C20H18N4O3/c1-13-6-3-4-9-16(13)22-18-11-10-17(23-24-18)19(25)21-15-8-5-7-14(12-15)20(26)27-2/h3-12H,1-2H3,(H,21,25)(H,22,24). The van der Waals surface area contributed by atoms with Crippen LogP contribution in [-0.2, 0) is 4.74 Å². The van der Waals surface area contributed by atoms with Gasteiger partial charge in [0, 0.05) is 11.4 Å². The largest absolute Gasteiger partial charge is 0.465 e. The molecule has 27 heavy (non-hydrogen) atoms. The van der Waals surface area contributed by atoms with E-state index < -0.39 is 11.9 Å². The maximum Gasteiger partial charge on any atom is 0.337 e. The van der Waals surface area contributed by atoms with Gasteiger partial charge in [-0.3, -0.25) is 4.79 Å². The molecule has 1 heterocycles. The second-order valence-corrected chi connectivity index (χ2v) is 5.77. The zero-order valence-electron chi connectivity index (χ0n) is 14.9. The summed E-state index contributed by atoms with van der Waals surface area (Å²) in [6, 6.07) is 17.5. The van der Waals surface area contributed by atoms with Gasteiger partial charge >= 0.3 is 5.97 Å². The lowest BCUT2D eigenvalue weighted by Crippen LogP contribution is -2.15. The molecule has 2 aromatic carbocycles. The van der Waals surface area contributed by atoms with Crippen molar-refractivity contribution in [3.8, 4) is 0 Å². The van der Waals surface area contributed by atoms with Crippen LogP contribution in [0.25, 0.3) is 0 Å². The quantitative estimate of drug-likeness (QED) is 0.674. The Kier molecular flexibility index (Phi) is 5.41. The molecule has 3 aromatic rings. The summed E-state index contributed by atoms with van der Waals surface area (Å²) in [5.41, 5.74) is 2.97. The van der Waals surface area contributed by atoms with Gasteiger partial charge in [0.1, 0.15) is 0 Å². The van der Waals surface area contributed by atoms with E-state index in [0.29, 0.717) is 17.1 Å². The molecule has 0 fully saturated rings. The Hall–Kier alpha value is -3.74. The summed E-state index contributed by atoms with van der Waals surface area (Å²) in [6.07, 6.45) is 0.